The summed E-state index contributed by atoms with van der Waals surface area (Å²) >= 11 is 0. The minimum Gasteiger partial charge on any atom is -0.469 e. The summed E-state index contributed by atoms with van der Waals surface area (Å²) in [4.78, 5) is 12.6. The quantitative estimate of drug-likeness (QED) is 0.775. The van der Waals surface area contributed by atoms with Crippen molar-refractivity contribution < 1.29 is 14.6 Å². The molecule has 136 valence electrons. The molecule has 1 spiro atoms. The molecular weight excluding hydrogens is 300 g/mol. The SMILES string of the molecule is COC(=O)C1(C)CCCC2(C)C1CCC13C(O)C(C(C)C)C1CC23. The van der Waals surface area contributed by atoms with Crippen LogP contribution in [-0.4, -0.2) is 24.3 Å². The third-order valence-electron chi connectivity index (χ3n) is 9.27. The Labute approximate surface area is 146 Å². The molecule has 24 heavy (non-hydrogen) atoms. The maximum Gasteiger partial charge on any atom is 0.311 e. The fourth-order valence-electron chi connectivity index (χ4n) is 8.26. The topological polar surface area (TPSA) is 46.5 Å². The lowest BCUT2D eigenvalue weighted by atomic mass is 9.26. The van der Waals surface area contributed by atoms with Gasteiger partial charge in [0.25, 0.3) is 0 Å². The fraction of sp³-hybridized carbons (Fsp3) is 0.952. The van der Waals surface area contributed by atoms with Gasteiger partial charge in [-0.15, -0.1) is 0 Å². The normalized spacial score (nSPS) is 55.5. The smallest absolute Gasteiger partial charge is 0.311 e. The van der Waals surface area contributed by atoms with Gasteiger partial charge in [-0.2, -0.15) is 0 Å². The second kappa shape index (κ2) is 4.99. The zero-order valence-electron chi connectivity index (χ0n) is 16.0. The van der Waals surface area contributed by atoms with E-state index in [2.05, 4.69) is 27.7 Å². The van der Waals surface area contributed by atoms with Crippen molar-refractivity contribution in [3.63, 3.8) is 0 Å². The van der Waals surface area contributed by atoms with Gasteiger partial charge in [-0.25, -0.2) is 0 Å². The predicted octanol–water partition coefficient (Wildman–Crippen LogP) is 4.04. The molecule has 0 amide bonds. The van der Waals surface area contributed by atoms with Gasteiger partial charge in [-0.3, -0.25) is 4.79 Å². The molecule has 8 unspecified atom stereocenters. The number of methoxy groups -OCH3 is 1. The van der Waals surface area contributed by atoms with Crippen LogP contribution in [-0.2, 0) is 9.53 Å². The molecule has 4 aliphatic carbocycles. The summed E-state index contributed by atoms with van der Waals surface area (Å²) in [6.07, 6.45) is 6.62. The molecule has 4 saturated carbocycles. The highest BCUT2D eigenvalue weighted by Crippen LogP contribution is 2.80. The molecule has 4 aliphatic rings. The van der Waals surface area contributed by atoms with Gasteiger partial charge < -0.3 is 9.84 Å². The van der Waals surface area contributed by atoms with Crippen LogP contribution < -0.4 is 0 Å². The van der Waals surface area contributed by atoms with Crippen LogP contribution in [0.25, 0.3) is 0 Å². The maximum atomic E-state index is 12.6. The number of esters is 1. The van der Waals surface area contributed by atoms with Crippen molar-refractivity contribution in [2.24, 2.45) is 45.8 Å². The lowest BCUT2D eigenvalue weighted by Crippen LogP contribution is -2.78. The van der Waals surface area contributed by atoms with Crippen molar-refractivity contribution in [2.75, 3.05) is 7.11 Å². The summed E-state index contributed by atoms with van der Waals surface area (Å²) in [5.41, 5.74) is 0.0357. The highest BCUT2D eigenvalue weighted by Gasteiger charge is 2.77. The zero-order valence-corrected chi connectivity index (χ0v) is 16.0. The summed E-state index contributed by atoms with van der Waals surface area (Å²) < 4.78 is 5.21. The molecule has 4 fully saturated rings. The van der Waals surface area contributed by atoms with Gasteiger partial charge in [-0.05, 0) is 74.0 Å². The predicted molar refractivity (Wildman–Crippen MR) is 93.2 cm³/mol. The molecule has 4 rings (SSSR count). The number of aliphatic hydroxyl groups excluding tert-OH is 1. The highest BCUT2D eigenvalue weighted by atomic mass is 16.5. The van der Waals surface area contributed by atoms with Gasteiger partial charge in [0, 0.05) is 5.41 Å². The molecule has 0 aliphatic heterocycles. The first-order valence-electron chi connectivity index (χ1n) is 10.00. The van der Waals surface area contributed by atoms with Crippen LogP contribution in [0.3, 0.4) is 0 Å². The third kappa shape index (κ3) is 1.66. The molecule has 0 saturated heterocycles. The van der Waals surface area contributed by atoms with Crippen molar-refractivity contribution >= 4 is 5.97 Å². The number of hydrogen-bond donors (Lipinski definition) is 1. The Bertz CT molecular complexity index is 549. The van der Waals surface area contributed by atoms with Crippen LogP contribution >= 0.6 is 0 Å². The molecule has 8 atom stereocenters. The number of rotatable bonds is 2. The Morgan fingerprint density at radius 1 is 1.17 bits per heavy atom. The Morgan fingerprint density at radius 2 is 1.88 bits per heavy atom. The molecular formula is C21H34O3. The molecule has 0 heterocycles. The van der Waals surface area contributed by atoms with E-state index >= 15 is 0 Å². The van der Waals surface area contributed by atoms with Crippen molar-refractivity contribution in [2.45, 2.75) is 72.3 Å². The largest absolute Gasteiger partial charge is 0.469 e. The van der Waals surface area contributed by atoms with Crippen molar-refractivity contribution in [3.8, 4) is 0 Å². The molecule has 0 aromatic heterocycles. The van der Waals surface area contributed by atoms with E-state index in [1.807, 2.05) is 0 Å². The number of ether oxygens (including phenoxy) is 1. The Balaban J connectivity index is 1.65. The number of hydrogen-bond acceptors (Lipinski definition) is 3. The molecule has 0 aromatic carbocycles. The second-order valence-electron chi connectivity index (χ2n) is 10.1. The maximum absolute atomic E-state index is 12.6. The first-order chi connectivity index (χ1) is 11.2. The Hall–Kier alpha value is -0.570. The standard InChI is InChI=1S/C21H34O3/c1-12(2)16-13-11-15-19(3)8-6-9-20(4,18(23)24-5)14(19)7-10-21(13,15)17(16)22/h12-17,22H,6-11H2,1-5H3. The first kappa shape index (κ1) is 16.9. The van der Waals surface area contributed by atoms with E-state index in [1.54, 1.807) is 0 Å². The van der Waals surface area contributed by atoms with E-state index in [1.165, 1.54) is 20.0 Å². The minimum atomic E-state index is -0.333. The van der Waals surface area contributed by atoms with Gasteiger partial charge >= 0.3 is 5.97 Å². The second-order valence-corrected chi connectivity index (χ2v) is 10.1. The van der Waals surface area contributed by atoms with E-state index in [0.717, 1.165) is 31.6 Å². The Kier molecular flexibility index (Phi) is 3.51. The van der Waals surface area contributed by atoms with Crippen molar-refractivity contribution in [1.82, 2.24) is 0 Å². The van der Waals surface area contributed by atoms with Crippen LogP contribution in [0.15, 0.2) is 0 Å². The van der Waals surface area contributed by atoms with Crippen LogP contribution in [0, 0.1) is 45.8 Å². The van der Waals surface area contributed by atoms with E-state index in [-0.39, 0.29) is 28.3 Å². The van der Waals surface area contributed by atoms with E-state index in [4.69, 9.17) is 4.74 Å². The summed E-state index contributed by atoms with van der Waals surface area (Å²) in [6.45, 7) is 9.09. The fourth-order valence-corrected chi connectivity index (χ4v) is 8.26. The van der Waals surface area contributed by atoms with E-state index in [9.17, 15) is 9.90 Å². The number of carbonyl (C=O) groups excluding carboxylic acids is 1. The van der Waals surface area contributed by atoms with Gasteiger partial charge in [0.05, 0.1) is 18.6 Å². The van der Waals surface area contributed by atoms with Crippen LogP contribution in [0.2, 0.25) is 0 Å². The van der Waals surface area contributed by atoms with E-state index < -0.39 is 0 Å². The monoisotopic (exact) mass is 334 g/mol. The summed E-state index contributed by atoms with van der Waals surface area (Å²) in [6, 6.07) is 0. The lowest BCUT2D eigenvalue weighted by molar-refractivity contribution is -0.348. The number of carbonyl (C=O) groups is 1. The first-order valence-corrected chi connectivity index (χ1v) is 10.00. The van der Waals surface area contributed by atoms with Crippen LogP contribution in [0.5, 0.6) is 0 Å². The summed E-state index contributed by atoms with van der Waals surface area (Å²) in [7, 11) is 1.53. The van der Waals surface area contributed by atoms with Crippen LogP contribution in [0.4, 0.5) is 0 Å². The van der Waals surface area contributed by atoms with Gasteiger partial charge in [0.15, 0.2) is 0 Å². The molecule has 3 heteroatoms. The molecule has 3 nitrogen and oxygen atoms in total. The van der Waals surface area contributed by atoms with Crippen molar-refractivity contribution in [3.05, 3.63) is 0 Å². The molecule has 0 radical (unpaired) electrons. The zero-order chi connectivity index (χ0) is 17.5. The third-order valence-corrected chi connectivity index (χ3v) is 9.27. The number of fused-ring (bicyclic) bond motifs is 2. The highest BCUT2D eigenvalue weighted by molar-refractivity contribution is 5.77. The average Bonchev–Trinajstić information content (AvgIpc) is 2.51. The average molecular weight is 335 g/mol. The molecule has 1 N–H and O–H groups in total. The Morgan fingerprint density at radius 3 is 2.46 bits per heavy atom. The van der Waals surface area contributed by atoms with Gasteiger partial charge in [0.2, 0.25) is 0 Å². The summed E-state index contributed by atoms with van der Waals surface area (Å²) in [5, 5.41) is 11.1. The molecule has 0 aromatic rings. The van der Waals surface area contributed by atoms with Gasteiger partial charge in [0.1, 0.15) is 0 Å². The summed E-state index contributed by atoms with van der Waals surface area (Å²) in [5.74, 6) is 2.79. The van der Waals surface area contributed by atoms with Crippen molar-refractivity contribution in [1.29, 1.82) is 0 Å². The lowest BCUT2D eigenvalue weighted by Gasteiger charge is -2.79. The minimum absolute atomic E-state index is 0.0144. The van der Waals surface area contributed by atoms with Crippen LogP contribution in [0.1, 0.15) is 66.2 Å². The number of aliphatic hydroxyl groups is 1. The van der Waals surface area contributed by atoms with Gasteiger partial charge in [-0.1, -0.05) is 27.2 Å². The molecule has 0 bridgehead atoms. The van der Waals surface area contributed by atoms with E-state index in [0.29, 0.717) is 23.7 Å².